The lowest BCUT2D eigenvalue weighted by molar-refractivity contribution is -0.142. The van der Waals surface area contributed by atoms with E-state index in [0.717, 1.165) is 0 Å². The Labute approximate surface area is 99.4 Å². The van der Waals surface area contributed by atoms with Crippen LogP contribution in [0.1, 0.15) is 13.3 Å². The summed E-state index contributed by atoms with van der Waals surface area (Å²) < 4.78 is 4.98. The quantitative estimate of drug-likeness (QED) is 0.818. The summed E-state index contributed by atoms with van der Waals surface area (Å²) in [6, 6.07) is 6.83. The molecule has 1 rings (SSSR count). The van der Waals surface area contributed by atoms with Crippen molar-refractivity contribution in [1.82, 2.24) is 0 Å². The van der Waals surface area contributed by atoms with E-state index >= 15 is 0 Å². The SMILES string of the molecule is COc1ccc(NC(=O)C[C@H](C)C(=O)O)cc1. The molecule has 0 spiro atoms. The van der Waals surface area contributed by atoms with Crippen molar-refractivity contribution >= 4 is 17.6 Å². The first-order chi connectivity index (χ1) is 8.02. The zero-order valence-electron chi connectivity index (χ0n) is 9.77. The van der Waals surface area contributed by atoms with Crippen molar-refractivity contribution < 1.29 is 19.4 Å². The van der Waals surface area contributed by atoms with Crippen LogP contribution in [0.3, 0.4) is 0 Å². The van der Waals surface area contributed by atoms with Crippen LogP contribution in [0.15, 0.2) is 24.3 Å². The van der Waals surface area contributed by atoms with E-state index in [9.17, 15) is 9.59 Å². The molecule has 0 saturated heterocycles. The van der Waals surface area contributed by atoms with Gasteiger partial charge in [-0.15, -0.1) is 0 Å². The van der Waals surface area contributed by atoms with E-state index in [0.29, 0.717) is 11.4 Å². The summed E-state index contributed by atoms with van der Waals surface area (Å²) in [5.74, 6) is -1.28. The number of carbonyl (C=O) groups excluding carboxylic acids is 1. The van der Waals surface area contributed by atoms with E-state index in [4.69, 9.17) is 9.84 Å². The minimum Gasteiger partial charge on any atom is -0.497 e. The molecule has 0 aromatic heterocycles. The first-order valence-corrected chi connectivity index (χ1v) is 5.19. The second kappa shape index (κ2) is 5.89. The highest BCUT2D eigenvalue weighted by Crippen LogP contribution is 2.15. The van der Waals surface area contributed by atoms with Crippen LogP contribution in [0.2, 0.25) is 0 Å². The third kappa shape index (κ3) is 4.14. The number of methoxy groups -OCH3 is 1. The molecule has 92 valence electrons. The van der Waals surface area contributed by atoms with Crippen molar-refractivity contribution in [2.24, 2.45) is 5.92 Å². The molecule has 0 radical (unpaired) electrons. The fraction of sp³-hybridized carbons (Fsp3) is 0.333. The third-order valence-electron chi connectivity index (χ3n) is 2.29. The van der Waals surface area contributed by atoms with Crippen LogP contribution in [0, 0.1) is 5.92 Å². The fourth-order valence-electron chi connectivity index (χ4n) is 1.25. The molecule has 0 heterocycles. The van der Waals surface area contributed by atoms with Crippen LogP contribution in [-0.2, 0) is 9.59 Å². The Hall–Kier alpha value is -2.04. The minimum atomic E-state index is -0.977. The van der Waals surface area contributed by atoms with E-state index in [1.54, 1.807) is 31.4 Å². The number of aliphatic carboxylic acids is 1. The Morgan fingerprint density at radius 3 is 2.41 bits per heavy atom. The summed E-state index contributed by atoms with van der Waals surface area (Å²) in [6.07, 6.45) is -0.0403. The van der Waals surface area contributed by atoms with Gasteiger partial charge < -0.3 is 15.2 Å². The van der Waals surface area contributed by atoms with Gasteiger partial charge in [0.2, 0.25) is 5.91 Å². The molecule has 1 amide bonds. The summed E-state index contributed by atoms with van der Waals surface area (Å²) in [4.78, 5) is 22.1. The summed E-state index contributed by atoms with van der Waals surface area (Å²) in [5, 5.41) is 11.3. The predicted molar refractivity (Wildman–Crippen MR) is 63.0 cm³/mol. The van der Waals surface area contributed by atoms with Gasteiger partial charge in [0, 0.05) is 12.1 Å². The number of carboxylic acids is 1. The number of carbonyl (C=O) groups is 2. The summed E-state index contributed by atoms with van der Waals surface area (Å²) >= 11 is 0. The first kappa shape index (κ1) is 13.0. The van der Waals surface area contributed by atoms with Crippen LogP contribution in [0.25, 0.3) is 0 Å². The Morgan fingerprint density at radius 2 is 1.94 bits per heavy atom. The second-order valence-electron chi connectivity index (χ2n) is 3.72. The zero-order valence-corrected chi connectivity index (χ0v) is 9.77. The molecule has 1 aromatic carbocycles. The molecule has 0 fully saturated rings. The maximum Gasteiger partial charge on any atom is 0.306 e. The monoisotopic (exact) mass is 237 g/mol. The molecule has 17 heavy (non-hydrogen) atoms. The number of carboxylic acid groups (broad SMARTS) is 1. The molecular weight excluding hydrogens is 222 g/mol. The zero-order chi connectivity index (χ0) is 12.8. The summed E-state index contributed by atoms with van der Waals surface area (Å²) in [5.41, 5.74) is 0.619. The Morgan fingerprint density at radius 1 is 1.35 bits per heavy atom. The van der Waals surface area contributed by atoms with Crippen LogP contribution < -0.4 is 10.1 Å². The lowest BCUT2D eigenvalue weighted by atomic mass is 10.1. The number of ether oxygens (including phenoxy) is 1. The highest BCUT2D eigenvalue weighted by Gasteiger charge is 2.15. The Balaban J connectivity index is 2.53. The van der Waals surface area contributed by atoms with E-state index in [-0.39, 0.29) is 12.3 Å². The minimum absolute atomic E-state index is 0.0403. The number of nitrogens with one attached hydrogen (secondary N) is 1. The molecule has 5 nitrogen and oxygen atoms in total. The van der Waals surface area contributed by atoms with E-state index in [1.807, 2.05) is 0 Å². The van der Waals surface area contributed by atoms with Gasteiger partial charge in [-0.1, -0.05) is 6.92 Å². The first-order valence-electron chi connectivity index (χ1n) is 5.19. The average molecular weight is 237 g/mol. The lowest BCUT2D eigenvalue weighted by Gasteiger charge is -2.08. The number of hydrogen-bond acceptors (Lipinski definition) is 3. The molecule has 0 unspecified atom stereocenters. The third-order valence-corrected chi connectivity index (χ3v) is 2.29. The molecule has 0 bridgehead atoms. The van der Waals surface area contributed by atoms with Gasteiger partial charge in [-0.3, -0.25) is 9.59 Å². The van der Waals surface area contributed by atoms with Crippen LogP contribution in [0.5, 0.6) is 5.75 Å². The van der Waals surface area contributed by atoms with Crippen molar-refractivity contribution in [3.8, 4) is 5.75 Å². The number of benzene rings is 1. The van der Waals surface area contributed by atoms with E-state index in [2.05, 4.69) is 5.32 Å². The highest BCUT2D eigenvalue weighted by atomic mass is 16.5. The Bertz CT molecular complexity index is 399. The second-order valence-corrected chi connectivity index (χ2v) is 3.72. The van der Waals surface area contributed by atoms with Gasteiger partial charge in [0.25, 0.3) is 0 Å². The molecule has 0 aliphatic heterocycles. The average Bonchev–Trinajstić information content (AvgIpc) is 2.29. The molecule has 1 atom stereocenters. The van der Waals surface area contributed by atoms with Crippen LogP contribution >= 0.6 is 0 Å². The fourth-order valence-corrected chi connectivity index (χ4v) is 1.25. The molecular formula is C12H15NO4. The lowest BCUT2D eigenvalue weighted by Crippen LogP contribution is -2.19. The normalized spacial score (nSPS) is 11.6. The van der Waals surface area contributed by atoms with Crippen molar-refractivity contribution in [1.29, 1.82) is 0 Å². The van der Waals surface area contributed by atoms with Crippen LogP contribution in [-0.4, -0.2) is 24.1 Å². The molecule has 0 aliphatic carbocycles. The summed E-state index contributed by atoms with van der Waals surface area (Å²) in [6.45, 7) is 1.50. The van der Waals surface area contributed by atoms with Crippen molar-refractivity contribution in [2.75, 3.05) is 12.4 Å². The van der Waals surface area contributed by atoms with Gasteiger partial charge in [0.05, 0.1) is 13.0 Å². The summed E-state index contributed by atoms with van der Waals surface area (Å²) in [7, 11) is 1.56. The number of amides is 1. The van der Waals surface area contributed by atoms with Gasteiger partial charge in [0.15, 0.2) is 0 Å². The van der Waals surface area contributed by atoms with Crippen molar-refractivity contribution in [3.05, 3.63) is 24.3 Å². The van der Waals surface area contributed by atoms with Gasteiger partial charge in [-0.2, -0.15) is 0 Å². The van der Waals surface area contributed by atoms with Crippen LogP contribution in [0.4, 0.5) is 5.69 Å². The largest absolute Gasteiger partial charge is 0.497 e. The molecule has 0 saturated carbocycles. The van der Waals surface area contributed by atoms with Crippen molar-refractivity contribution in [2.45, 2.75) is 13.3 Å². The highest BCUT2D eigenvalue weighted by molar-refractivity contribution is 5.93. The topological polar surface area (TPSA) is 75.6 Å². The number of rotatable bonds is 5. The van der Waals surface area contributed by atoms with Gasteiger partial charge in [-0.25, -0.2) is 0 Å². The predicted octanol–water partition coefficient (Wildman–Crippen LogP) is 1.74. The molecule has 5 heteroatoms. The maximum absolute atomic E-state index is 11.5. The number of hydrogen-bond donors (Lipinski definition) is 2. The van der Waals surface area contributed by atoms with E-state index in [1.165, 1.54) is 6.92 Å². The van der Waals surface area contributed by atoms with E-state index < -0.39 is 11.9 Å². The molecule has 0 aliphatic rings. The van der Waals surface area contributed by atoms with Gasteiger partial charge in [-0.05, 0) is 24.3 Å². The van der Waals surface area contributed by atoms with Crippen molar-refractivity contribution in [3.63, 3.8) is 0 Å². The van der Waals surface area contributed by atoms with Gasteiger partial charge >= 0.3 is 5.97 Å². The standard InChI is InChI=1S/C12H15NO4/c1-8(12(15)16)7-11(14)13-9-3-5-10(17-2)6-4-9/h3-6,8H,7H2,1-2H3,(H,13,14)(H,15,16)/t8-/m0/s1. The molecule has 1 aromatic rings. The smallest absolute Gasteiger partial charge is 0.306 e. The Kier molecular flexibility index (Phi) is 4.51. The molecule has 2 N–H and O–H groups in total. The van der Waals surface area contributed by atoms with Gasteiger partial charge in [0.1, 0.15) is 5.75 Å². The number of anilines is 1. The maximum atomic E-state index is 11.5.